The first-order valence-electron chi connectivity index (χ1n) is 3.90. The van der Waals surface area contributed by atoms with Crippen LogP contribution in [0.3, 0.4) is 0 Å². The fourth-order valence-corrected chi connectivity index (χ4v) is 2.92. The highest BCUT2D eigenvalue weighted by Gasteiger charge is 2.69. The fourth-order valence-electron chi connectivity index (χ4n) is 2.92. The van der Waals surface area contributed by atoms with Crippen molar-refractivity contribution in [3.8, 4) is 0 Å². The predicted octanol–water partition coefficient (Wildman–Crippen LogP) is 1.27. The van der Waals surface area contributed by atoms with Crippen LogP contribution in [0.4, 0.5) is 0 Å². The number of fused-ring (bicyclic) bond motifs is 1. The Balaban J connectivity index is 2.18. The molecule has 0 bridgehead atoms. The van der Waals surface area contributed by atoms with Gasteiger partial charge in [0.25, 0.3) is 0 Å². The van der Waals surface area contributed by atoms with Crippen LogP contribution < -0.4 is 0 Å². The van der Waals surface area contributed by atoms with Gasteiger partial charge in [-0.1, -0.05) is 0 Å². The second-order valence-electron chi connectivity index (χ2n) is 3.76. The van der Waals surface area contributed by atoms with Gasteiger partial charge in [-0.3, -0.25) is 4.48 Å². The number of nitrogens with zero attached hydrogens (tertiary/aromatic N) is 1. The molecule has 0 aromatic rings. The van der Waals surface area contributed by atoms with Gasteiger partial charge in [-0.15, -0.1) is 0 Å². The minimum Gasteiger partial charge on any atom is -0.279 e. The zero-order valence-electron chi connectivity index (χ0n) is 5.80. The van der Waals surface area contributed by atoms with Gasteiger partial charge in [0.15, 0.2) is 11.7 Å². The normalized spacial score (nSPS) is 59.4. The summed E-state index contributed by atoms with van der Waals surface area (Å²) < 4.78 is 1.36. The smallest absolute Gasteiger partial charge is 0.168 e. The van der Waals surface area contributed by atoms with Crippen LogP contribution in [0.2, 0.25) is 0 Å². The van der Waals surface area contributed by atoms with Crippen molar-refractivity contribution >= 4 is 0 Å². The van der Waals surface area contributed by atoms with Crippen LogP contribution in [0.15, 0.2) is 11.8 Å². The van der Waals surface area contributed by atoms with Gasteiger partial charge in [0.1, 0.15) is 0 Å². The van der Waals surface area contributed by atoms with Crippen molar-refractivity contribution < 1.29 is 4.48 Å². The Morgan fingerprint density at radius 1 is 1.56 bits per heavy atom. The largest absolute Gasteiger partial charge is 0.279 e. The Hall–Kier alpha value is -0.300. The summed E-state index contributed by atoms with van der Waals surface area (Å²) in [4.78, 5) is 0. The van der Waals surface area contributed by atoms with Crippen molar-refractivity contribution in [3.63, 3.8) is 0 Å². The van der Waals surface area contributed by atoms with E-state index in [2.05, 4.69) is 13.1 Å². The molecule has 0 spiro atoms. The molecular weight excluding hydrogens is 110 g/mol. The van der Waals surface area contributed by atoms with Gasteiger partial charge < -0.3 is 0 Å². The zero-order valence-corrected chi connectivity index (χ0v) is 5.80. The van der Waals surface area contributed by atoms with Crippen LogP contribution in [-0.2, 0) is 0 Å². The van der Waals surface area contributed by atoms with E-state index in [1.54, 1.807) is 5.70 Å². The standard InChI is InChI=1S/C8H12N/c1-9-6-2-4-7(9)8(9)5-3-6/h4,6,8H,2-3,5H2,1H3/q+1. The van der Waals surface area contributed by atoms with E-state index in [4.69, 9.17) is 0 Å². The van der Waals surface area contributed by atoms with E-state index in [1.165, 1.54) is 23.7 Å². The van der Waals surface area contributed by atoms with E-state index < -0.39 is 0 Å². The van der Waals surface area contributed by atoms with E-state index in [9.17, 15) is 0 Å². The lowest BCUT2D eigenvalue weighted by atomic mass is 10.2. The zero-order chi connectivity index (χ0) is 6.06. The first kappa shape index (κ1) is 4.51. The third-order valence-electron chi connectivity index (χ3n) is 3.61. The molecule has 2 saturated heterocycles. The van der Waals surface area contributed by atoms with Gasteiger partial charge in [0.2, 0.25) is 0 Å². The van der Waals surface area contributed by atoms with Crippen LogP contribution in [0, 0.1) is 0 Å². The molecule has 9 heavy (non-hydrogen) atoms. The maximum absolute atomic E-state index is 2.47. The molecule has 3 atom stereocenters. The van der Waals surface area contributed by atoms with Gasteiger partial charge in [0.05, 0.1) is 13.1 Å². The summed E-state index contributed by atoms with van der Waals surface area (Å²) >= 11 is 0. The number of piperidine rings is 1. The Kier molecular flexibility index (Phi) is 0.495. The molecule has 0 aromatic heterocycles. The molecule has 3 heterocycles. The van der Waals surface area contributed by atoms with Crippen LogP contribution >= 0.6 is 0 Å². The van der Waals surface area contributed by atoms with Crippen LogP contribution in [0.25, 0.3) is 0 Å². The van der Waals surface area contributed by atoms with E-state index in [0.717, 1.165) is 12.1 Å². The average molecular weight is 122 g/mol. The van der Waals surface area contributed by atoms with Crippen LogP contribution in [0.1, 0.15) is 19.3 Å². The quantitative estimate of drug-likeness (QED) is 0.335. The third-order valence-corrected chi connectivity index (χ3v) is 3.61. The van der Waals surface area contributed by atoms with E-state index >= 15 is 0 Å². The lowest BCUT2D eigenvalue weighted by molar-refractivity contribution is -0.784. The number of likely N-dealkylation sites (N-methyl/N-ethyl adjacent to an activating group) is 1. The summed E-state index contributed by atoms with van der Waals surface area (Å²) in [7, 11) is 2.40. The van der Waals surface area contributed by atoms with Crippen molar-refractivity contribution in [1.82, 2.24) is 0 Å². The number of hydrogen-bond acceptors (Lipinski definition) is 0. The second kappa shape index (κ2) is 0.988. The minimum atomic E-state index is 0.990. The van der Waals surface area contributed by atoms with Crippen molar-refractivity contribution in [1.29, 1.82) is 0 Å². The van der Waals surface area contributed by atoms with Gasteiger partial charge in [-0.2, -0.15) is 0 Å². The van der Waals surface area contributed by atoms with Crippen molar-refractivity contribution in [3.05, 3.63) is 11.8 Å². The van der Waals surface area contributed by atoms with Crippen molar-refractivity contribution in [2.24, 2.45) is 0 Å². The molecule has 0 N–H and O–H groups in total. The summed E-state index contributed by atoms with van der Waals surface area (Å²) in [6.45, 7) is 0. The number of quaternary nitrogens is 1. The maximum Gasteiger partial charge on any atom is 0.168 e. The Labute approximate surface area is 55.6 Å². The third kappa shape index (κ3) is 0.284. The Morgan fingerprint density at radius 3 is 3.00 bits per heavy atom. The Morgan fingerprint density at radius 2 is 2.44 bits per heavy atom. The summed E-state index contributed by atoms with van der Waals surface area (Å²) in [6.07, 6.45) is 6.82. The minimum absolute atomic E-state index is 0.990. The van der Waals surface area contributed by atoms with Crippen LogP contribution in [0.5, 0.6) is 0 Å². The highest BCUT2D eigenvalue weighted by molar-refractivity contribution is 5.23. The molecule has 3 rings (SSSR count). The molecule has 1 nitrogen and oxygen atoms in total. The summed E-state index contributed by atoms with van der Waals surface area (Å²) in [5, 5.41) is 0. The lowest BCUT2D eigenvalue weighted by Crippen LogP contribution is -2.27. The highest BCUT2D eigenvalue weighted by Crippen LogP contribution is 2.58. The van der Waals surface area contributed by atoms with Gasteiger partial charge >= 0.3 is 0 Å². The van der Waals surface area contributed by atoms with Crippen LogP contribution in [-0.4, -0.2) is 23.6 Å². The fraction of sp³-hybridized carbons (Fsp3) is 0.750. The SMILES string of the molecule is C[N+]12C3=CCC1CCC32. The molecule has 0 aliphatic carbocycles. The molecule has 48 valence electrons. The molecule has 0 amide bonds. The molecule has 0 aromatic carbocycles. The first-order valence-corrected chi connectivity index (χ1v) is 3.90. The molecule has 2 fully saturated rings. The average Bonchev–Trinajstić information content (AvgIpc) is 2.18. The predicted molar refractivity (Wildman–Crippen MR) is 35.7 cm³/mol. The monoisotopic (exact) mass is 122 g/mol. The van der Waals surface area contributed by atoms with Crippen molar-refractivity contribution in [2.75, 3.05) is 7.05 Å². The van der Waals surface area contributed by atoms with Gasteiger partial charge in [-0.25, -0.2) is 0 Å². The highest BCUT2D eigenvalue weighted by atomic mass is 15.5. The molecule has 3 aliphatic heterocycles. The Bertz CT molecular complexity index is 207. The molecule has 3 aliphatic rings. The molecule has 0 saturated carbocycles. The summed E-state index contributed by atoms with van der Waals surface area (Å²) in [5.41, 5.74) is 1.76. The summed E-state index contributed by atoms with van der Waals surface area (Å²) in [5.74, 6) is 0. The van der Waals surface area contributed by atoms with Crippen molar-refractivity contribution in [2.45, 2.75) is 31.3 Å². The molecule has 1 heteroatoms. The first-order chi connectivity index (χ1) is 4.33. The van der Waals surface area contributed by atoms with E-state index in [1.807, 2.05) is 0 Å². The van der Waals surface area contributed by atoms with E-state index in [0.29, 0.717) is 0 Å². The maximum atomic E-state index is 2.47. The number of hydrogen-bond donors (Lipinski definition) is 0. The lowest BCUT2D eigenvalue weighted by Gasteiger charge is -2.13. The second-order valence-corrected chi connectivity index (χ2v) is 3.76. The van der Waals surface area contributed by atoms with E-state index in [-0.39, 0.29) is 0 Å². The number of rotatable bonds is 0. The van der Waals surface area contributed by atoms with Gasteiger partial charge in [-0.05, 0) is 6.08 Å². The molecule has 3 unspecified atom stereocenters. The molecule has 0 radical (unpaired) electrons. The van der Waals surface area contributed by atoms with Gasteiger partial charge in [0, 0.05) is 19.3 Å². The summed E-state index contributed by atoms with van der Waals surface area (Å²) in [6, 6.07) is 1.99. The molecular formula is C8H12N+. The topological polar surface area (TPSA) is 0 Å².